The number of fused-ring (bicyclic) bond motifs is 1. The van der Waals surface area contributed by atoms with Crippen molar-refractivity contribution in [1.29, 1.82) is 0 Å². The second-order valence-corrected chi connectivity index (χ2v) is 7.08. The molecule has 2 aromatic heterocycles. The number of carbonyl (C=O) groups excluding carboxylic acids is 2. The number of aromatic nitrogens is 2. The first kappa shape index (κ1) is 22.4. The molecule has 1 N–H and O–H groups in total. The lowest BCUT2D eigenvalue weighted by Crippen LogP contribution is -2.33. The zero-order valence-electron chi connectivity index (χ0n) is 17.7. The van der Waals surface area contributed by atoms with Crippen LogP contribution in [-0.4, -0.2) is 46.2 Å². The number of halogens is 1. The van der Waals surface area contributed by atoms with Gasteiger partial charge in [-0.05, 0) is 51.1 Å². The molecule has 0 saturated carbocycles. The molecule has 0 bridgehead atoms. The van der Waals surface area contributed by atoms with E-state index >= 15 is 0 Å². The van der Waals surface area contributed by atoms with E-state index in [9.17, 15) is 9.59 Å². The lowest BCUT2D eigenvalue weighted by Gasteiger charge is -2.20. The standard InChI is InChI=1S/C22H25ClN4O4/c1-4-26(5-2)19(28)14-27-18-13-15(23)7-8-17(18)20(21(27)31-22(29)30-6-3)25-16-9-11-24-12-10-16/h7-13H,4-6,14H2,1-3H3,(H,24,25). The molecule has 0 aliphatic heterocycles. The van der Waals surface area contributed by atoms with Gasteiger partial charge < -0.3 is 24.3 Å². The quantitative estimate of drug-likeness (QED) is 0.500. The Morgan fingerprint density at radius 1 is 1.13 bits per heavy atom. The van der Waals surface area contributed by atoms with Crippen LogP contribution in [0.2, 0.25) is 5.02 Å². The second kappa shape index (κ2) is 10.2. The van der Waals surface area contributed by atoms with E-state index in [4.69, 9.17) is 21.1 Å². The lowest BCUT2D eigenvalue weighted by atomic mass is 10.2. The number of likely N-dealkylation sites (N-methyl/N-ethyl adjacent to an activating group) is 1. The summed E-state index contributed by atoms with van der Waals surface area (Å²) in [5.74, 6) is 0.0686. The van der Waals surface area contributed by atoms with Crippen molar-refractivity contribution in [3.63, 3.8) is 0 Å². The van der Waals surface area contributed by atoms with Gasteiger partial charge >= 0.3 is 6.16 Å². The molecule has 0 saturated heterocycles. The summed E-state index contributed by atoms with van der Waals surface area (Å²) >= 11 is 6.25. The Kier molecular flexibility index (Phi) is 7.36. The van der Waals surface area contributed by atoms with Crippen LogP contribution in [0.4, 0.5) is 16.2 Å². The molecule has 0 aliphatic carbocycles. The van der Waals surface area contributed by atoms with E-state index in [0.717, 1.165) is 11.1 Å². The molecule has 3 rings (SSSR count). The highest BCUT2D eigenvalue weighted by Crippen LogP contribution is 2.40. The zero-order valence-corrected chi connectivity index (χ0v) is 18.5. The number of pyridine rings is 1. The summed E-state index contributed by atoms with van der Waals surface area (Å²) in [7, 11) is 0. The predicted octanol–water partition coefficient (Wildman–Crippen LogP) is 4.84. The Balaban J connectivity index is 2.17. The number of amides is 1. The van der Waals surface area contributed by atoms with Gasteiger partial charge in [0.2, 0.25) is 11.8 Å². The molecule has 31 heavy (non-hydrogen) atoms. The molecule has 164 valence electrons. The molecule has 0 fully saturated rings. The maximum Gasteiger partial charge on any atom is 0.515 e. The summed E-state index contributed by atoms with van der Waals surface area (Å²) in [6.07, 6.45) is 2.44. The Morgan fingerprint density at radius 3 is 2.48 bits per heavy atom. The van der Waals surface area contributed by atoms with Crippen molar-refractivity contribution in [2.45, 2.75) is 27.3 Å². The maximum absolute atomic E-state index is 12.9. The van der Waals surface area contributed by atoms with E-state index in [1.807, 2.05) is 19.9 Å². The van der Waals surface area contributed by atoms with E-state index in [2.05, 4.69) is 10.3 Å². The first-order chi connectivity index (χ1) is 15.0. The molecule has 9 heteroatoms. The van der Waals surface area contributed by atoms with E-state index in [-0.39, 0.29) is 24.9 Å². The third kappa shape index (κ3) is 5.08. The Bertz CT molecular complexity index is 1060. The van der Waals surface area contributed by atoms with Gasteiger partial charge in [0, 0.05) is 41.6 Å². The van der Waals surface area contributed by atoms with Crippen LogP contribution in [0.1, 0.15) is 20.8 Å². The number of nitrogens with zero attached hydrogens (tertiary/aromatic N) is 3. The van der Waals surface area contributed by atoms with Crippen molar-refractivity contribution >= 4 is 45.9 Å². The van der Waals surface area contributed by atoms with Gasteiger partial charge in [0.1, 0.15) is 12.2 Å². The van der Waals surface area contributed by atoms with Gasteiger partial charge in [-0.25, -0.2) is 4.79 Å². The van der Waals surface area contributed by atoms with Crippen LogP contribution in [0.3, 0.4) is 0 Å². The average molecular weight is 445 g/mol. The van der Waals surface area contributed by atoms with Crippen LogP contribution < -0.4 is 10.1 Å². The summed E-state index contributed by atoms with van der Waals surface area (Å²) < 4.78 is 12.2. The molecule has 0 aliphatic rings. The van der Waals surface area contributed by atoms with Crippen LogP contribution in [-0.2, 0) is 16.1 Å². The van der Waals surface area contributed by atoms with E-state index in [1.165, 1.54) is 0 Å². The molecule has 0 unspecified atom stereocenters. The third-order valence-corrected chi connectivity index (χ3v) is 5.02. The van der Waals surface area contributed by atoms with Crippen LogP contribution in [0.5, 0.6) is 5.88 Å². The van der Waals surface area contributed by atoms with E-state index in [1.54, 1.807) is 53.0 Å². The van der Waals surface area contributed by atoms with Gasteiger partial charge in [-0.3, -0.25) is 9.78 Å². The normalized spacial score (nSPS) is 10.7. The van der Waals surface area contributed by atoms with Crippen LogP contribution >= 0.6 is 11.6 Å². The number of hydrogen-bond acceptors (Lipinski definition) is 6. The molecule has 1 amide bonds. The number of ether oxygens (including phenoxy) is 2. The Morgan fingerprint density at radius 2 is 1.84 bits per heavy atom. The second-order valence-electron chi connectivity index (χ2n) is 6.64. The van der Waals surface area contributed by atoms with E-state index in [0.29, 0.717) is 29.3 Å². The molecule has 0 spiro atoms. The topological polar surface area (TPSA) is 85.7 Å². The van der Waals surface area contributed by atoms with Gasteiger partial charge in [0.25, 0.3) is 0 Å². The van der Waals surface area contributed by atoms with E-state index < -0.39 is 6.16 Å². The highest BCUT2D eigenvalue weighted by atomic mass is 35.5. The summed E-state index contributed by atoms with van der Waals surface area (Å²) in [4.78, 5) is 30.9. The number of nitrogens with one attached hydrogen (secondary N) is 1. The number of benzene rings is 1. The van der Waals surface area contributed by atoms with Crippen molar-refractivity contribution in [2.75, 3.05) is 25.0 Å². The summed E-state index contributed by atoms with van der Waals surface area (Å²) in [5.41, 5.74) is 1.93. The van der Waals surface area contributed by atoms with Gasteiger partial charge in [-0.2, -0.15) is 0 Å². The molecular formula is C22H25ClN4O4. The first-order valence-electron chi connectivity index (χ1n) is 10.1. The fourth-order valence-electron chi connectivity index (χ4n) is 3.30. The van der Waals surface area contributed by atoms with Gasteiger partial charge in [-0.1, -0.05) is 11.6 Å². The van der Waals surface area contributed by atoms with Gasteiger partial charge in [0.15, 0.2) is 0 Å². The Hall–Kier alpha value is -3.26. The molecule has 1 aromatic carbocycles. The smallest absolute Gasteiger partial charge is 0.434 e. The molecule has 8 nitrogen and oxygen atoms in total. The minimum absolute atomic E-state index is 0.0225. The highest BCUT2D eigenvalue weighted by Gasteiger charge is 2.25. The zero-order chi connectivity index (χ0) is 22.4. The number of anilines is 2. The first-order valence-corrected chi connectivity index (χ1v) is 10.5. The fourth-order valence-corrected chi connectivity index (χ4v) is 3.47. The van der Waals surface area contributed by atoms with Crippen LogP contribution in [0.25, 0.3) is 10.9 Å². The van der Waals surface area contributed by atoms with Crippen molar-refractivity contribution < 1.29 is 19.1 Å². The fraction of sp³-hybridized carbons (Fsp3) is 0.318. The minimum atomic E-state index is -0.856. The molecule has 0 atom stereocenters. The predicted molar refractivity (Wildman–Crippen MR) is 120 cm³/mol. The van der Waals surface area contributed by atoms with Crippen molar-refractivity contribution in [3.05, 3.63) is 47.7 Å². The summed E-state index contributed by atoms with van der Waals surface area (Å²) in [5, 5.41) is 4.51. The van der Waals surface area contributed by atoms with Crippen LogP contribution in [0, 0.1) is 0 Å². The van der Waals surface area contributed by atoms with Gasteiger partial charge in [0.05, 0.1) is 12.1 Å². The van der Waals surface area contributed by atoms with Crippen molar-refractivity contribution in [2.24, 2.45) is 0 Å². The van der Waals surface area contributed by atoms with Gasteiger partial charge in [-0.15, -0.1) is 0 Å². The highest BCUT2D eigenvalue weighted by molar-refractivity contribution is 6.31. The van der Waals surface area contributed by atoms with Crippen molar-refractivity contribution in [3.8, 4) is 5.88 Å². The summed E-state index contributed by atoms with van der Waals surface area (Å²) in [6, 6.07) is 8.87. The number of carbonyl (C=O) groups is 2. The summed E-state index contributed by atoms with van der Waals surface area (Å²) in [6.45, 7) is 6.81. The largest absolute Gasteiger partial charge is 0.515 e. The van der Waals surface area contributed by atoms with Crippen molar-refractivity contribution in [1.82, 2.24) is 14.5 Å². The Labute approximate surface area is 185 Å². The number of hydrogen-bond donors (Lipinski definition) is 1. The minimum Gasteiger partial charge on any atom is -0.434 e. The number of rotatable bonds is 8. The molecular weight excluding hydrogens is 420 g/mol. The SMILES string of the molecule is CCOC(=O)Oc1c(Nc2ccncc2)c2ccc(Cl)cc2n1CC(=O)N(CC)CC. The molecule has 2 heterocycles. The maximum atomic E-state index is 12.9. The lowest BCUT2D eigenvalue weighted by molar-refractivity contribution is -0.131. The van der Waals surface area contributed by atoms with Crippen LogP contribution in [0.15, 0.2) is 42.7 Å². The molecule has 3 aromatic rings. The monoisotopic (exact) mass is 444 g/mol. The average Bonchev–Trinajstić information content (AvgIpc) is 3.01. The third-order valence-electron chi connectivity index (χ3n) is 4.78. The molecule has 0 radical (unpaired) electrons.